The summed E-state index contributed by atoms with van der Waals surface area (Å²) in [7, 11) is -2.17. The van der Waals surface area contributed by atoms with Crippen LogP contribution in [0.3, 0.4) is 0 Å². The molecule has 0 aromatic heterocycles. The summed E-state index contributed by atoms with van der Waals surface area (Å²) in [5.41, 5.74) is 1.21. The van der Waals surface area contributed by atoms with Crippen molar-refractivity contribution in [3.8, 4) is 5.75 Å². The van der Waals surface area contributed by atoms with Crippen LogP contribution in [0.25, 0.3) is 0 Å². The first-order valence-corrected chi connectivity index (χ1v) is 14.6. The van der Waals surface area contributed by atoms with Crippen molar-refractivity contribution in [1.29, 1.82) is 0 Å². The van der Waals surface area contributed by atoms with E-state index in [1.807, 2.05) is 32.9 Å². The Morgan fingerprint density at radius 1 is 1.08 bits per heavy atom. The van der Waals surface area contributed by atoms with Crippen LogP contribution >= 0.6 is 23.2 Å². The van der Waals surface area contributed by atoms with Gasteiger partial charge in [0.2, 0.25) is 21.8 Å². The molecule has 0 aliphatic heterocycles. The lowest BCUT2D eigenvalue weighted by Crippen LogP contribution is -2.50. The number of anilines is 1. The Balaban J connectivity index is 2.23. The number of benzene rings is 2. The summed E-state index contributed by atoms with van der Waals surface area (Å²) in [6.07, 6.45) is 1.82. The number of methoxy groups -OCH3 is 1. The lowest BCUT2D eigenvalue weighted by molar-refractivity contribution is -0.141. The van der Waals surface area contributed by atoms with E-state index in [2.05, 4.69) is 5.32 Å². The van der Waals surface area contributed by atoms with Gasteiger partial charge in [-0.1, -0.05) is 42.3 Å². The van der Waals surface area contributed by atoms with Crippen molar-refractivity contribution in [3.05, 3.63) is 58.1 Å². The van der Waals surface area contributed by atoms with Crippen molar-refractivity contribution in [2.45, 2.75) is 58.7 Å². The molecule has 2 aromatic carbocycles. The number of halogens is 2. The summed E-state index contributed by atoms with van der Waals surface area (Å²) < 4.78 is 31.4. The van der Waals surface area contributed by atoms with Crippen molar-refractivity contribution in [3.63, 3.8) is 0 Å². The van der Waals surface area contributed by atoms with E-state index < -0.39 is 16.1 Å². The second-order valence-corrected chi connectivity index (χ2v) is 11.7. The standard InChI is InChI=1S/C26H35Cl2N3O5S/c1-6-23(26(33)29-18(2)3)30(17-19-9-11-20(27)12-10-19)25(32)8-7-15-31(37(5,34)35)21-13-14-24(36-4)22(28)16-21/h9-14,16,18,23H,6-8,15,17H2,1-5H3,(H,29,33)/t23-/m0/s1. The van der Waals surface area contributed by atoms with Gasteiger partial charge in [0, 0.05) is 30.6 Å². The van der Waals surface area contributed by atoms with Gasteiger partial charge in [-0.15, -0.1) is 0 Å². The summed E-state index contributed by atoms with van der Waals surface area (Å²) in [6.45, 7) is 5.87. The number of hydrogen-bond donors (Lipinski definition) is 1. The summed E-state index contributed by atoms with van der Waals surface area (Å²) >= 11 is 12.2. The molecular formula is C26H35Cl2N3O5S. The van der Waals surface area contributed by atoms with Gasteiger partial charge in [0.25, 0.3) is 0 Å². The molecule has 11 heteroatoms. The van der Waals surface area contributed by atoms with Gasteiger partial charge in [-0.2, -0.15) is 0 Å². The molecule has 0 aliphatic carbocycles. The Morgan fingerprint density at radius 2 is 1.73 bits per heavy atom. The van der Waals surface area contributed by atoms with Crippen LogP contribution < -0.4 is 14.4 Å². The third kappa shape index (κ3) is 9.09. The highest BCUT2D eigenvalue weighted by atomic mass is 35.5. The maximum Gasteiger partial charge on any atom is 0.243 e. The molecule has 0 fully saturated rings. The molecule has 2 rings (SSSR count). The van der Waals surface area contributed by atoms with E-state index in [4.69, 9.17) is 27.9 Å². The van der Waals surface area contributed by atoms with Crippen LogP contribution in [0.1, 0.15) is 45.6 Å². The molecule has 0 aliphatic rings. The monoisotopic (exact) mass is 571 g/mol. The molecule has 0 heterocycles. The number of nitrogens with one attached hydrogen (secondary N) is 1. The van der Waals surface area contributed by atoms with Gasteiger partial charge in [-0.3, -0.25) is 13.9 Å². The van der Waals surface area contributed by atoms with E-state index in [0.29, 0.717) is 22.9 Å². The van der Waals surface area contributed by atoms with Crippen LogP contribution in [-0.2, 0) is 26.2 Å². The zero-order chi connectivity index (χ0) is 27.8. The minimum absolute atomic E-state index is 0.0506. The quantitative estimate of drug-likeness (QED) is 0.369. The number of nitrogens with zero attached hydrogens (tertiary/aromatic N) is 2. The molecule has 1 N–H and O–H groups in total. The van der Waals surface area contributed by atoms with E-state index >= 15 is 0 Å². The molecule has 2 amide bonds. The van der Waals surface area contributed by atoms with E-state index in [0.717, 1.165) is 11.8 Å². The topological polar surface area (TPSA) is 96.0 Å². The Labute approximate surface area is 229 Å². The minimum atomic E-state index is -3.64. The third-order valence-corrected chi connectivity index (χ3v) is 7.40. The fourth-order valence-corrected chi connectivity index (χ4v) is 5.24. The number of amides is 2. The normalized spacial score (nSPS) is 12.2. The zero-order valence-corrected chi connectivity index (χ0v) is 24.2. The van der Waals surface area contributed by atoms with Crippen LogP contribution in [0.2, 0.25) is 10.0 Å². The molecule has 0 spiro atoms. The van der Waals surface area contributed by atoms with Crippen LogP contribution in [-0.4, -0.2) is 57.1 Å². The number of rotatable bonds is 13. The Morgan fingerprint density at radius 3 is 2.24 bits per heavy atom. The first-order valence-electron chi connectivity index (χ1n) is 12.0. The van der Waals surface area contributed by atoms with Crippen LogP contribution in [0.5, 0.6) is 5.75 Å². The molecule has 37 heavy (non-hydrogen) atoms. The predicted octanol–water partition coefficient (Wildman–Crippen LogP) is 4.88. The minimum Gasteiger partial charge on any atom is -0.495 e. The number of carbonyl (C=O) groups excluding carboxylic acids is 2. The average molecular weight is 573 g/mol. The molecule has 0 unspecified atom stereocenters. The first kappa shape index (κ1) is 30.7. The van der Waals surface area contributed by atoms with Crippen molar-refractivity contribution in [1.82, 2.24) is 10.2 Å². The molecule has 0 saturated carbocycles. The highest BCUT2D eigenvalue weighted by Gasteiger charge is 2.29. The second-order valence-electron chi connectivity index (χ2n) is 8.99. The highest BCUT2D eigenvalue weighted by molar-refractivity contribution is 7.92. The van der Waals surface area contributed by atoms with Crippen LogP contribution in [0, 0.1) is 0 Å². The Hall–Kier alpha value is -2.49. The third-order valence-electron chi connectivity index (χ3n) is 5.66. The number of carbonyl (C=O) groups is 2. The summed E-state index contributed by atoms with van der Waals surface area (Å²) in [4.78, 5) is 27.9. The van der Waals surface area contributed by atoms with Crippen LogP contribution in [0.15, 0.2) is 42.5 Å². The largest absolute Gasteiger partial charge is 0.495 e. The fourth-order valence-electron chi connectivity index (χ4n) is 3.90. The molecular weight excluding hydrogens is 537 g/mol. The van der Waals surface area contributed by atoms with E-state index in [-0.39, 0.29) is 48.8 Å². The van der Waals surface area contributed by atoms with Gasteiger partial charge < -0.3 is 15.0 Å². The molecule has 8 nitrogen and oxygen atoms in total. The first-order chi connectivity index (χ1) is 17.4. The molecule has 1 atom stereocenters. The maximum atomic E-state index is 13.4. The average Bonchev–Trinajstić information content (AvgIpc) is 2.81. The Kier molecular flexibility index (Phi) is 11.5. The Bertz CT molecular complexity index is 1170. The molecule has 0 bridgehead atoms. The number of hydrogen-bond acceptors (Lipinski definition) is 5. The smallest absolute Gasteiger partial charge is 0.243 e. The second kappa shape index (κ2) is 13.9. The molecule has 204 valence electrons. The lowest BCUT2D eigenvalue weighted by atomic mass is 10.1. The predicted molar refractivity (Wildman–Crippen MR) is 149 cm³/mol. The maximum absolute atomic E-state index is 13.4. The lowest BCUT2D eigenvalue weighted by Gasteiger charge is -2.31. The van der Waals surface area contributed by atoms with Crippen molar-refractivity contribution < 1.29 is 22.7 Å². The van der Waals surface area contributed by atoms with E-state index in [9.17, 15) is 18.0 Å². The van der Waals surface area contributed by atoms with E-state index in [1.54, 1.807) is 29.2 Å². The van der Waals surface area contributed by atoms with E-state index in [1.165, 1.54) is 17.5 Å². The van der Waals surface area contributed by atoms with Gasteiger partial charge in [-0.05, 0) is 62.6 Å². The summed E-state index contributed by atoms with van der Waals surface area (Å²) in [6, 6.07) is 11.1. The summed E-state index contributed by atoms with van der Waals surface area (Å²) in [5.74, 6) is -0.0514. The SMILES string of the molecule is CC[C@@H](C(=O)NC(C)C)N(Cc1ccc(Cl)cc1)C(=O)CCCN(c1ccc(OC)c(Cl)c1)S(C)(=O)=O. The van der Waals surface area contributed by atoms with Crippen molar-refractivity contribution >= 4 is 50.7 Å². The highest BCUT2D eigenvalue weighted by Crippen LogP contribution is 2.30. The molecule has 0 radical (unpaired) electrons. The number of ether oxygens (including phenoxy) is 1. The van der Waals surface area contributed by atoms with Crippen molar-refractivity contribution in [2.75, 3.05) is 24.2 Å². The fraction of sp³-hybridized carbons (Fsp3) is 0.462. The van der Waals surface area contributed by atoms with Gasteiger partial charge in [0.1, 0.15) is 11.8 Å². The van der Waals surface area contributed by atoms with Crippen LogP contribution in [0.4, 0.5) is 5.69 Å². The zero-order valence-electron chi connectivity index (χ0n) is 21.8. The summed E-state index contributed by atoms with van der Waals surface area (Å²) in [5, 5.41) is 3.74. The van der Waals surface area contributed by atoms with Gasteiger partial charge >= 0.3 is 0 Å². The van der Waals surface area contributed by atoms with Gasteiger partial charge in [-0.25, -0.2) is 8.42 Å². The van der Waals surface area contributed by atoms with Gasteiger partial charge in [0.15, 0.2) is 0 Å². The molecule has 0 saturated heterocycles. The van der Waals surface area contributed by atoms with Crippen molar-refractivity contribution in [2.24, 2.45) is 0 Å². The molecule has 2 aromatic rings. The van der Waals surface area contributed by atoms with Gasteiger partial charge in [0.05, 0.1) is 24.1 Å². The number of sulfonamides is 1.